The Morgan fingerprint density at radius 3 is 2.80 bits per heavy atom. The van der Waals surface area contributed by atoms with Crippen LogP contribution in [0.1, 0.15) is 11.7 Å². The molecule has 0 aliphatic rings. The Labute approximate surface area is 86.4 Å². The molecule has 3 N–H and O–H groups in total. The number of rotatable bonds is 4. The van der Waals surface area contributed by atoms with Gasteiger partial charge in [-0.15, -0.1) is 0 Å². The van der Waals surface area contributed by atoms with Crippen LogP contribution in [0.15, 0.2) is 18.2 Å². The summed E-state index contributed by atoms with van der Waals surface area (Å²) in [5.41, 5.74) is 5.18. The average molecular weight is 212 g/mol. The lowest BCUT2D eigenvalue weighted by molar-refractivity contribution is -0.387. The van der Waals surface area contributed by atoms with E-state index < -0.39 is 11.0 Å². The number of nitrogens with two attached hydrogens (primary N) is 1. The molecule has 6 heteroatoms. The van der Waals surface area contributed by atoms with Crippen LogP contribution in [0.2, 0.25) is 0 Å². The van der Waals surface area contributed by atoms with E-state index in [4.69, 9.17) is 10.5 Å². The lowest BCUT2D eigenvalue weighted by Gasteiger charge is -2.10. The van der Waals surface area contributed by atoms with Crippen LogP contribution in [0.25, 0.3) is 0 Å². The molecule has 0 aliphatic carbocycles. The molecule has 0 bridgehead atoms. The Balaban J connectivity index is 3.31. The SMILES string of the molecule is COc1cccc(C(O)CN)c1[N+](=O)[O-]. The number of hydrogen-bond acceptors (Lipinski definition) is 5. The van der Waals surface area contributed by atoms with E-state index in [9.17, 15) is 15.2 Å². The van der Waals surface area contributed by atoms with Crippen molar-refractivity contribution in [1.82, 2.24) is 0 Å². The minimum absolute atomic E-state index is 0.0754. The number of nitro groups is 1. The van der Waals surface area contributed by atoms with Crippen LogP contribution in [0.5, 0.6) is 5.75 Å². The highest BCUT2D eigenvalue weighted by Crippen LogP contribution is 2.33. The Morgan fingerprint density at radius 1 is 1.67 bits per heavy atom. The normalized spacial score (nSPS) is 12.2. The van der Waals surface area contributed by atoms with Crippen molar-refractivity contribution >= 4 is 5.69 Å². The Hall–Kier alpha value is -1.66. The maximum absolute atomic E-state index is 10.8. The van der Waals surface area contributed by atoms with Crippen molar-refractivity contribution < 1.29 is 14.8 Å². The van der Waals surface area contributed by atoms with Gasteiger partial charge in [-0.3, -0.25) is 10.1 Å². The smallest absolute Gasteiger partial charge is 0.316 e. The van der Waals surface area contributed by atoms with E-state index in [1.807, 2.05) is 0 Å². The van der Waals surface area contributed by atoms with Crippen molar-refractivity contribution in [3.05, 3.63) is 33.9 Å². The molecule has 1 rings (SSSR count). The highest BCUT2D eigenvalue weighted by molar-refractivity contribution is 5.53. The van der Waals surface area contributed by atoms with Crippen LogP contribution in [0.4, 0.5) is 5.69 Å². The zero-order chi connectivity index (χ0) is 11.4. The molecule has 15 heavy (non-hydrogen) atoms. The largest absolute Gasteiger partial charge is 0.490 e. The summed E-state index contributed by atoms with van der Waals surface area (Å²) in [6.45, 7) is -0.0754. The number of nitrogens with zero attached hydrogens (tertiary/aromatic N) is 1. The number of para-hydroxylation sites is 1. The van der Waals surface area contributed by atoms with Crippen molar-refractivity contribution in [2.45, 2.75) is 6.10 Å². The van der Waals surface area contributed by atoms with Crippen LogP contribution >= 0.6 is 0 Å². The fourth-order valence-electron chi connectivity index (χ4n) is 1.30. The molecule has 82 valence electrons. The van der Waals surface area contributed by atoms with Gasteiger partial charge in [0, 0.05) is 6.54 Å². The number of ether oxygens (including phenoxy) is 1. The predicted octanol–water partition coefficient (Wildman–Crippen LogP) is 0.595. The summed E-state index contributed by atoms with van der Waals surface area (Å²) < 4.78 is 4.85. The zero-order valence-corrected chi connectivity index (χ0v) is 8.21. The van der Waals surface area contributed by atoms with Crippen LogP contribution in [0.3, 0.4) is 0 Å². The van der Waals surface area contributed by atoms with E-state index in [2.05, 4.69) is 0 Å². The standard InChI is InChI=1S/C9H12N2O4/c1-15-8-4-2-3-6(7(12)5-10)9(8)11(13)14/h2-4,7,12H,5,10H2,1H3. The molecule has 0 spiro atoms. The third-order valence-electron chi connectivity index (χ3n) is 2.01. The third-order valence-corrected chi connectivity index (χ3v) is 2.01. The average Bonchev–Trinajstić information content (AvgIpc) is 2.26. The molecule has 1 unspecified atom stereocenters. The summed E-state index contributed by atoms with van der Waals surface area (Å²) in [6, 6.07) is 4.49. The second-order valence-electron chi connectivity index (χ2n) is 2.91. The van der Waals surface area contributed by atoms with E-state index in [-0.39, 0.29) is 23.5 Å². The molecular weight excluding hydrogens is 200 g/mol. The number of methoxy groups -OCH3 is 1. The van der Waals surface area contributed by atoms with Gasteiger partial charge in [-0.25, -0.2) is 0 Å². The minimum atomic E-state index is -1.06. The topological polar surface area (TPSA) is 98.6 Å². The zero-order valence-electron chi connectivity index (χ0n) is 8.21. The van der Waals surface area contributed by atoms with E-state index in [0.717, 1.165) is 0 Å². The number of benzene rings is 1. The highest BCUT2D eigenvalue weighted by Gasteiger charge is 2.24. The summed E-state index contributed by atoms with van der Waals surface area (Å²) in [4.78, 5) is 10.2. The van der Waals surface area contributed by atoms with Gasteiger partial charge in [0.1, 0.15) is 0 Å². The number of nitro benzene ring substituents is 1. The van der Waals surface area contributed by atoms with Crippen molar-refractivity contribution in [2.24, 2.45) is 5.73 Å². The van der Waals surface area contributed by atoms with Crippen molar-refractivity contribution in [3.8, 4) is 5.75 Å². The lowest BCUT2D eigenvalue weighted by atomic mass is 10.1. The fourth-order valence-corrected chi connectivity index (χ4v) is 1.30. The second kappa shape index (κ2) is 4.72. The Morgan fingerprint density at radius 2 is 2.33 bits per heavy atom. The molecule has 0 saturated heterocycles. The molecule has 6 nitrogen and oxygen atoms in total. The Bertz CT molecular complexity index is 367. The number of aliphatic hydroxyl groups is 1. The van der Waals surface area contributed by atoms with Crippen LogP contribution in [0, 0.1) is 10.1 Å². The Kier molecular flexibility index (Phi) is 3.59. The van der Waals surface area contributed by atoms with Crippen molar-refractivity contribution in [1.29, 1.82) is 0 Å². The van der Waals surface area contributed by atoms with Gasteiger partial charge in [0.05, 0.1) is 23.7 Å². The van der Waals surface area contributed by atoms with Crippen LogP contribution in [-0.4, -0.2) is 23.7 Å². The van der Waals surface area contributed by atoms with Gasteiger partial charge in [0.25, 0.3) is 0 Å². The fraction of sp³-hybridized carbons (Fsp3) is 0.333. The van der Waals surface area contributed by atoms with Gasteiger partial charge in [-0.2, -0.15) is 0 Å². The molecule has 0 aromatic heterocycles. The third kappa shape index (κ3) is 2.23. The molecule has 0 fully saturated rings. The molecule has 0 aliphatic heterocycles. The minimum Gasteiger partial charge on any atom is -0.490 e. The van der Waals surface area contributed by atoms with Gasteiger partial charge in [-0.1, -0.05) is 6.07 Å². The summed E-state index contributed by atoms with van der Waals surface area (Å²) in [5.74, 6) is 0.116. The van der Waals surface area contributed by atoms with E-state index in [1.54, 1.807) is 6.07 Å². The number of hydrogen-bond donors (Lipinski definition) is 2. The molecule has 0 radical (unpaired) electrons. The summed E-state index contributed by atoms with van der Waals surface area (Å²) >= 11 is 0. The van der Waals surface area contributed by atoms with Gasteiger partial charge < -0.3 is 15.6 Å². The predicted molar refractivity (Wildman–Crippen MR) is 53.7 cm³/mol. The summed E-state index contributed by atoms with van der Waals surface area (Å²) in [6.07, 6.45) is -1.06. The van der Waals surface area contributed by atoms with Crippen LogP contribution < -0.4 is 10.5 Å². The molecule has 0 heterocycles. The molecule has 1 aromatic rings. The lowest BCUT2D eigenvalue weighted by Crippen LogP contribution is -2.13. The van der Waals surface area contributed by atoms with Gasteiger partial charge in [0.15, 0.2) is 5.75 Å². The molecule has 1 aromatic carbocycles. The van der Waals surface area contributed by atoms with Crippen LogP contribution in [-0.2, 0) is 0 Å². The first kappa shape index (κ1) is 11.4. The first-order valence-corrected chi connectivity index (χ1v) is 4.31. The summed E-state index contributed by atoms with van der Waals surface area (Å²) in [7, 11) is 1.33. The van der Waals surface area contributed by atoms with Crippen molar-refractivity contribution in [3.63, 3.8) is 0 Å². The monoisotopic (exact) mass is 212 g/mol. The molecular formula is C9H12N2O4. The van der Waals surface area contributed by atoms with E-state index >= 15 is 0 Å². The molecule has 0 amide bonds. The maximum Gasteiger partial charge on any atom is 0.316 e. The van der Waals surface area contributed by atoms with E-state index in [1.165, 1.54) is 19.2 Å². The number of aliphatic hydroxyl groups excluding tert-OH is 1. The first-order chi connectivity index (χ1) is 7.11. The van der Waals surface area contributed by atoms with Gasteiger partial charge >= 0.3 is 5.69 Å². The van der Waals surface area contributed by atoms with Gasteiger partial charge in [0.2, 0.25) is 0 Å². The van der Waals surface area contributed by atoms with E-state index in [0.29, 0.717) is 0 Å². The second-order valence-corrected chi connectivity index (χ2v) is 2.91. The quantitative estimate of drug-likeness (QED) is 0.562. The highest BCUT2D eigenvalue weighted by atomic mass is 16.6. The van der Waals surface area contributed by atoms with Crippen molar-refractivity contribution in [2.75, 3.05) is 13.7 Å². The molecule has 1 atom stereocenters. The summed E-state index contributed by atoms with van der Waals surface area (Å²) in [5, 5.41) is 20.3. The molecule has 0 saturated carbocycles. The maximum atomic E-state index is 10.8. The first-order valence-electron chi connectivity index (χ1n) is 4.31. The van der Waals surface area contributed by atoms with Gasteiger partial charge in [-0.05, 0) is 12.1 Å².